The van der Waals surface area contributed by atoms with Gasteiger partial charge in [0.25, 0.3) is 0 Å². The maximum Gasteiger partial charge on any atom is 0.326 e. The number of likely N-dealkylation sites (N-methyl/N-ethyl adjacent to an activating group) is 1. The molecule has 2 N–H and O–H groups in total. The van der Waals surface area contributed by atoms with Crippen LogP contribution in [0.2, 0.25) is 0 Å². The third-order valence-electron chi connectivity index (χ3n) is 3.69. The van der Waals surface area contributed by atoms with E-state index in [0.717, 1.165) is 22.2 Å². The van der Waals surface area contributed by atoms with Crippen molar-refractivity contribution in [2.45, 2.75) is 13.0 Å². The SMILES string of the molecule is CNC(=O)Cc1ccc(Cn2c(=O)[nH]c3ccccc32)cc1. The average Bonchev–Trinajstić information content (AvgIpc) is 2.85. The van der Waals surface area contributed by atoms with Crippen LogP contribution in [0.25, 0.3) is 11.0 Å². The summed E-state index contributed by atoms with van der Waals surface area (Å²) in [6.45, 7) is 0.503. The van der Waals surface area contributed by atoms with Crippen LogP contribution in [0.3, 0.4) is 0 Å². The predicted molar refractivity (Wildman–Crippen MR) is 85.9 cm³/mol. The number of hydrogen-bond donors (Lipinski definition) is 2. The van der Waals surface area contributed by atoms with Crippen LogP contribution in [0, 0.1) is 0 Å². The van der Waals surface area contributed by atoms with E-state index >= 15 is 0 Å². The van der Waals surface area contributed by atoms with Gasteiger partial charge in [-0.15, -0.1) is 0 Å². The summed E-state index contributed by atoms with van der Waals surface area (Å²) in [6, 6.07) is 15.4. The highest BCUT2D eigenvalue weighted by Crippen LogP contribution is 2.12. The molecule has 0 aliphatic carbocycles. The lowest BCUT2D eigenvalue weighted by Gasteiger charge is -2.05. The standard InChI is InChI=1S/C17H17N3O2/c1-18-16(21)10-12-6-8-13(9-7-12)11-20-15-5-3-2-4-14(15)19-17(20)22/h2-9H,10-11H2,1H3,(H,18,21)(H,19,22). The summed E-state index contributed by atoms with van der Waals surface area (Å²) >= 11 is 0. The maximum atomic E-state index is 12.0. The van der Waals surface area contributed by atoms with Gasteiger partial charge in [-0.2, -0.15) is 0 Å². The second kappa shape index (κ2) is 5.89. The quantitative estimate of drug-likeness (QED) is 0.769. The molecule has 22 heavy (non-hydrogen) atoms. The van der Waals surface area contributed by atoms with Crippen molar-refractivity contribution in [3.8, 4) is 0 Å². The van der Waals surface area contributed by atoms with Crippen LogP contribution in [-0.2, 0) is 17.8 Å². The van der Waals surface area contributed by atoms with Crippen molar-refractivity contribution in [1.29, 1.82) is 0 Å². The second-order valence-electron chi connectivity index (χ2n) is 5.20. The number of carbonyl (C=O) groups excluding carboxylic acids is 1. The van der Waals surface area contributed by atoms with Gasteiger partial charge in [-0.3, -0.25) is 9.36 Å². The highest BCUT2D eigenvalue weighted by atomic mass is 16.2. The molecule has 1 amide bonds. The first-order valence-electron chi connectivity index (χ1n) is 7.13. The van der Waals surface area contributed by atoms with Gasteiger partial charge in [-0.05, 0) is 23.3 Å². The van der Waals surface area contributed by atoms with Crippen LogP contribution in [-0.4, -0.2) is 22.5 Å². The van der Waals surface area contributed by atoms with E-state index in [2.05, 4.69) is 10.3 Å². The van der Waals surface area contributed by atoms with Gasteiger partial charge in [0.1, 0.15) is 0 Å². The van der Waals surface area contributed by atoms with E-state index in [1.807, 2.05) is 48.5 Å². The van der Waals surface area contributed by atoms with Crippen LogP contribution >= 0.6 is 0 Å². The number of aromatic nitrogens is 2. The molecule has 5 nitrogen and oxygen atoms in total. The Morgan fingerprint density at radius 3 is 2.50 bits per heavy atom. The summed E-state index contributed by atoms with van der Waals surface area (Å²) in [7, 11) is 1.63. The number of hydrogen-bond acceptors (Lipinski definition) is 2. The predicted octanol–water partition coefficient (Wildman–Crippen LogP) is 1.67. The summed E-state index contributed by atoms with van der Waals surface area (Å²) in [4.78, 5) is 26.2. The molecule has 0 bridgehead atoms. The number of imidazole rings is 1. The van der Waals surface area contributed by atoms with Gasteiger partial charge in [-0.1, -0.05) is 36.4 Å². The Kier molecular flexibility index (Phi) is 3.78. The van der Waals surface area contributed by atoms with Crippen molar-refractivity contribution < 1.29 is 4.79 Å². The van der Waals surface area contributed by atoms with Gasteiger partial charge in [-0.25, -0.2) is 4.79 Å². The number of fused-ring (bicyclic) bond motifs is 1. The zero-order valence-electron chi connectivity index (χ0n) is 12.3. The normalized spacial score (nSPS) is 10.8. The molecule has 0 radical (unpaired) electrons. The lowest BCUT2D eigenvalue weighted by atomic mass is 10.1. The summed E-state index contributed by atoms with van der Waals surface area (Å²) in [5, 5.41) is 2.60. The van der Waals surface area contributed by atoms with E-state index in [-0.39, 0.29) is 11.6 Å². The maximum absolute atomic E-state index is 12.0. The average molecular weight is 295 g/mol. The Morgan fingerprint density at radius 1 is 1.09 bits per heavy atom. The van der Waals surface area contributed by atoms with Gasteiger partial charge in [0.15, 0.2) is 0 Å². The number of carbonyl (C=O) groups is 1. The molecule has 3 aromatic rings. The number of nitrogens with zero attached hydrogens (tertiary/aromatic N) is 1. The number of benzene rings is 2. The first kappa shape index (κ1) is 14.1. The van der Waals surface area contributed by atoms with Gasteiger partial charge in [0.05, 0.1) is 24.0 Å². The number of amides is 1. The first-order valence-corrected chi connectivity index (χ1v) is 7.13. The van der Waals surface area contributed by atoms with Crippen molar-refractivity contribution in [2.24, 2.45) is 0 Å². The Balaban J connectivity index is 1.85. The van der Waals surface area contributed by atoms with Crippen molar-refractivity contribution in [2.75, 3.05) is 7.05 Å². The number of nitrogens with one attached hydrogen (secondary N) is 2. The van der Waals surface area contributed by atoms with Crippen molar-refractivity contribution in [1.82, 2.24) is 14.9 Å². The van der Waals surface area contributed by atoms with Crippen LogP contribution in [0.5, 0.6) is 0 Å². The molecule has 0 aliphatic rings. The van der Waals surface area contributed by atoms with Crippen molar-refractivity contribution in [3.05, 3.63) is 70.1 Å². The van der Waals surface area contributed by atoms with E-state index in [0.29, 0.717) is 13.0 Å². The third kappa shape index (κ3) is 2.79. The zero-order chi connectivity index (χ0) is 15.5. The van der Waals surface area contributed by atoms with Gasteiger partial charge in [0.2, 0.25) is 5.91 Å². The molecule has 2 aromatic carbocycles. The fourth-order valence-electron chi connectivity index (χ4n) is 2.48. The largest absolute Gasteiger partial charge is 0.359 e. The van der Waals surface area contributed by atoms with Crippen molar-refractivity contribution in [3.63, 3.8) is 0 Å². The van der Waals surface area contributed by atoms with Crippen molar-refractivity contribution >= 4 is 16.9 Å². The lowest BCUT2D eigenvalue weighted by Crippen LogP contribution is -2.20. The fourth-order valence-corrected chi connectivity index (χ4v) is 2.48. The summed E-state index contributed by atoms with van der Waals surface area (Å²) < 4.78 is 1.71. The number of para-hydroxylation sites is 2. The molecule has 3 rings (SSSR count). The molecule has 5 heteroatoms. The molecule has 0 fully saturated rings. The molecular weight excluding hydrogens is 278 g/mol. The van der Waals surface area contributed by atoms with Crippen LogP contribution in [0.4, 0.5) is 0 Å². The first-order chi connectivity index (χ1) is 10.7. The van der Waals surface area contributed by atoms with Crippen LogP contribution in [0.15, 0.2) is 53.3 Å². The highest BCUT2D eigenvalue weighted by Gasteiger charge is 2.07. The molecule has 0 saturated heterocycles. The molecule has 1 aromatic heterocycles. The van der Waals surface area contributed by atoms with E-state index in [4.69, 9.17) is 0 Å². The molecule has 1 heterocycles. The fraction of sp³-hybridized carbons (Fsp3) is 0.176. The molecule has 112 valence electrons. The summed E-state index contributed by atoms with van der Waals surface area (Å²) in [6.07, 6.45) is 0.365. The third-order valence-corrected chi connectivity index (χ3v) is 3.69. The van der Waals surface area contributed by atoms with E-state index in [1.165, 1.54) is 0 Å². The minimum absolute atomic E-state index is 0.0133. The monoisotopic (exact) mass is 295 g/mol. The Hall–Kier alpha value is -2.82. The smallest absolute Gasteiger partial charge is 0.326 e. The lowest BCUT2D eigenvalue weighted by molar-refractivity contribution is -0.119. The number of rotatable bonds is 4. The van der Waals surface area contributed by atoms with E-state index < -0.39 is 0 Å². The molecule has 0 spiro atoms. The minimum atomic E-state index is -0.115. The number of aromatic amines is 1. The molecule has 0 unspecified atom stereocenters. The van der Waals surface area contributed by atoms with Crippen LogP contribution in [0.1, 0.15) is 11.1 Å². The summed E-state index contributed by atoms with van der Waals surface area (Å²) in [5.41, 5.74) is 3.59. The highest BCUT2D eigenvalue weighted by molar-refractivity contribution is 5.78. The van der Waals surface area contributed by atoms with Gasteiger partial charge >= 0.3 is 5.69 Å². The topological polar surface area (TPSA) is 66.9 Å². The molecule has 0 aliphatic heterocycles. The Labute approximate surface area is 127 Å². The van der Waals surface area contributed by atoms with Crippen LogP contribution < -0.4 is 11.0 Å². The van der Waals surface area contributed by atoms with E-state index in [1.54, 1.807) is 11.6 Å². The molecule has 0 saturated carbocycles. The summed E-state index contributed by atoms with van der Waals surface area (Å²) in [5.74, 6) is -0.0133. The minimum Gasteiger partial charge on any atom is -0.359 e. The number of H-pyrrole nitrogens is 1. The Morgan fingerprint density at radius 2 is 1.77 bits per heavy atom. The second-order valence-corrected chi connectivity index (χ2v) is 5.20. The van der Waals surface area contributed by atoms with Gasteiger partial charge < -0.3 is 10.3 Å². The van der Waals surface area contributed by atoms with E-state index in [9.17, 15) is 9.59 Å². The zero-order valence-corrected chi connectivity index (χ0v) is 12.3. The molecule has 0 atom stereocenters. The Bertz CT molecular complexity index is 859. The molecular formula is C17H17N3O2. The van der Waals surface area contributed by atoms with Gasteiger partial charge in [0, 0.05) is 7.05 Å².